The molecule has 0 heterocycles. The summed E-state index contributed by atoms with van der Waals surface area (Å²) in [7, 11) is -3.60. The first kappa shape index (κ1) is 21.2. The highest BCUT2D eigenvalue weighted by molar-refractivity contribution is 7.91. The van der Waals surface area contributed by atoms with Crippen LogP contribution in [0.3, 0.4) is 0 Å². The van der Waals surface area contributed by atoms with E-state index in [0.717, 1.165) is 0 Å². The molecule has 2 aromatic rings. The zero-order valence-corrected chi connectivity index (χ0v) is 16.8. The lowest BCUT2D eigenvalue weighted by Gasteiger charge is -2.10. The minimum absolute atomic E-state index is 0.0916. The summed E-state index contributed by atoms with van der Waals surface area (Å²) < 4.78 is 24.4. The summed E-state index contributed by atoms with van der Waals surface area (Å²) in [5.41, 5.74) is 1.26. The van der Waals surface area contributed by atoms with Gasteiger partial charge in [0.1, 0.15) is 0 Å². The van der Waals surface area contributed by atoms with Crippen LogP contribution in [0, 0.1) is 6.92 Å². The van der Waals surface area contributed by atoms with Crippen LogP contribution < -0.4 is 10.6 Å². The molecule has 2 amide bonds. The Morgan fingerprint density at radius 2 is 1.67 bits per heavy atom. The molecular weight excluding hydrogens is 411 g/mol. The number of anilines is 1. The Morgan fingerprint density at radius 1 is 1.00 bits per heavy atom. The van der Waals surface area contributed by atoms with Gasteiger partial charge in [0.15, 0.2) is 9.84 Å². The number of nitrogens with one attached hydrogen (secondary N) is 2. The van der Waals surface area contributed by atoms with Crippen molar-refractivity contribution < 1.29 is 18.0 Å². The second kappa shape index (κ2) is 9.21. The van der Waals surface area contributed by atoms with Gasteiger partial charge in [-0.05, 0) is 48.9 Å². The first-order chi connectivity index (χ1) is 12.7. The molecule has 0 saturated heterocycles. The number of hydrogen-bond acceptors (Lipinski definition) is 4. The fourth-order valence-electron chi connectivity index (χ4n) is 2.19. The summed E-state index contributed by atoms with van der Waals surface area (Å²) in [5, 5.41) is 5.98. The van der Waals surface area contributed by atoms with Crippen molar-refractivity contribution in [3.05, 3.63) is 58.1 Å². The topological polar surface area (TPSA) is 92.3 Å². The zero-order chi connectivity index (χ0) is 20.0. The Balaban J connectivity index is 1.82. The molecule has 2 N–H and O–H groups in total. The molecule has 0 bridgehead atoms. The zero-order valence-electron chi connectivity index (χ0n) is 14.5. The van der Waals surface area contributed by atoms with Gasteiger partial charge in [-0.15, -0.1) is 0 Å². The SMILES string of the molecule is Cc1c(Cl)cccc1NC(=O)CNC(=O)CCS(=O)(=O)c1ccc(Cl)cc1. The quantitative estimate of drug-likeness (QED) is 0.707. The monoisotopic (exact) mass is 428 g/mol. The Labute approximate surface area is 167 Å². The third-order valence-electron chi connectivity index (χ3n) is 3.76. The fraction of sp³-hybridized carbons (Fsp3) is 0.222. The second-order valence-electron chi connectivity index (χ2n) is 5.76. The lowest BCUT2D eigenvalue weighted by atomic mass is 10.2. The van der Waals surface area contributed by atoms with Crippen LogP contribution in [0.2, 0.25) is 10.0 Å². The number of amides is 2. The van der Waals surface area contributed by atoms with E-state index in [1.165, 1.54) is 24.3 Å². The minimum atomic E-state index is -3.60. The van der Waals surface area contributed by atoms with Gasteiger partial charge in [-0.1, -0.05) is 29.3 Å². The fourth-order valence-corrected chi connectivity index (χ4v) is 3.73. The maximum absolute atomic E-state index is 12.2. The molecular formula is C18H18Cl2N2O4S. The molecule has 0 atom stereocenters. The highest BCUT2D eigenvalue weighted by atomic mass is 35.5. The van der Waals surface area contributed by atoms with Crippen LogP contribution in [-0.2, 0) is 19.4 Å². The van der Waals surface area contributed by atoms with Crippen LogP contribution in [-0.4, -0.2) is 32.5 Å². The molecule has 9 heteroatoms. The van der Waals surface area contributed by atoms with Crippen molar-refractivity contribution in [1.82, 2.24) is 5.32 Å². The smallest absolute Gasteiger partial charge is 0.243 e. The van der Waals surface area contributed by atoms with Crippen molar-refractivity contribution >= 4 is 50.5 Å². The number of carbonyl (C=O) groups is 2. The van der Waals surface area contributed by atoms with Gasteiger partial charge >= 0.3 is 0 Å². The van der Waals surface area contributed by atoms with Crippen molar-refractivity contribution in [2.75, 3.05) is 17.6 Å². The van der Waals surface area contributed by atoms with Gasteiger partial charge in [-0.3, -0.25) is 9.59 Å². The van der Waals surface area contributed by atoms with Crippen LogP contribution in [0.5, 0.6) is 0 Å². The number of sulfone groups is 1. The van der Waals surface area contributed by atoms with Crippen LogP contribution in [0.1, 0.15) is 12.0 Å². The van der Waals surface area contributed by atoms with Crippen molar-refractivity contribution in [3.63, 3.8) is 0 Å². The van der Waals surface area contributed by atoms with Gasteiger partial charge in [0.2, 0.25) is 11.8 Å². The average molecular weight is 429 g/mol. The van der Waals surface area contributed by atoms with E-state index in [-0.39, 0.29) is 23.6 Å². The molecule has 0 aromatic heterocycles. The summed E-state index contributed by atoms with van der Waals surface area (Å²) >= 11 is 11.7. The molecule has 0 spiro atoms. The third-order valence-corrected chi connectivity index (χ3v) is 6.15. The molecule has 0 saturated carbocycles. The Bertz CT molecular complexity index is 944. The first-order valence-electron chi connectivity index (χ1n) is 7.99. The Hall–Kier alpha value is -2.09. The van der Waals surface area contributed by atoms with Gasteiger partial charge in [-0.25, -0.2) is 8.42 Å². The number of benzene rings is 2. The molecule has 0 aliphatic heterocycles. The number of hydrogen-bond donors (Lipinski definition) is 2. The highest BCUT2D eigenvalue weighted by Gasteiger charge is 2.17. The molecule has 0 aliphatic carbocycles. The van der Waals surface area contributed by atoms with E-state index in [4.69, 9.17) is 23.2 Å². The number of halogens is 2. The van der Waals surface area contributed by atoms with E-state index < -0.39 is 21.7 Å². The largest absolute Gasteiger partial charge is 0.347 e. The molecule has 2 rings (SSSR count). The Kier molecular flexibility index (Phi) is 7.24. The van der Waals surface area contributed by atoms with E-state index in [0.29, 0.717) is 21.3 Å². The highest BCUT2D eigenvalue weighted by Crippen LogP contribution is 2.22. The predicted octanol–water partition coefficient (Wildman–Crippen LogP) is 3.22. The molecule has 2 aromatic carbocycles. The maximum Gasteiger partial charge on any atom is 0.243 e. The standard InChI is InChI=1S/C18H18Cl2N2O4S/c1-12-15(20)3-2-4-16(12)22-18(24)11-21-17(23)9-10-27(25,26)14-7-5-13(19)6-8-14/h2-8H,9-11H2,1H3,(H,21,23)(H,22,24). The summed E-state index contributed by atoms with van der Waals surface area (Å²) in [6.07, 6.45) is -0.256. The van der Waals surface area contributed by atoms with Crippen molar-refractivity contribution in [3.8, 4) is 0 Å². The van der Waals surface area contributed by atoms with E-state index in [1.807, 2.05) is 0 Å². The average Bonchev–Trinajstić information content (AvgIpc) is 2.62. The van der Waals surface area contributed by atoms with Crippen LogP contribution >= 0.6 is 23.2 Å². The van der Waals surface area contributed by atoms with E-state index in [9.17, 15) is 18.0 Å². The van der Waals surface area contributed by atoms with Gasteiger partial charge in [0.25, 0.3) is 0 Å². The summed E-state index contributed by atoms with van der Waals surface area (Å²) in [5.74, 6) is -1.34. The minimum Gasteiger partial charge on any atom is -0.347 e. The van der Waals surface area contributed by atoms with Crippen molar-refractivity contribution in [1.29, 1.82) is 0 Å². The molecule has 27 heavy (non-hydrogen) atoms. The predicted molar refractivity (Wildman–Crippen MR) is 106 cm³/mol. The van der Waals surface area contributed by atoms with Gasteiger partial charge in [0, 0.05) is 22.2 Å². The molecule has 0 aliphatic rings. The Morgan fingerprint density at radius 3 is 2.33 bits per heavy atom. The van der Waals surface area contributed by atoms with E-state index >= 15 is 0 Å². The third kappa shape index (κ3) is 6.23. The van der Waals surface area contributed by atoms with Crippen LogP contribution in [0.25, 0.3) is 0 Å². The van der Waals surface area contributed by atoms with Crippen LogP contribution in [0.4, 0.5) is 5.69 Å². The summed E-state index contributed by atoms with van der Waals surface area (Å²) in [6.45, 7) is 1.49. The molecule has 0 radical (unpaired) electrons. The van der Waals surface area contributed by atoms with Gasteiger partial charge in [-0.2, -0.15) is 0 Å². The summed E-state index contributed by atoms with van der Waals surface area (Å²) in [4.78, 5) is 23.9. The second-order valence-corrected chi connectivity index (χ2v) is 8.71. The molecule has 0 unspecified atom stereocenters. The molecule has 6 nitrogen and oxygen atoms in total. The van der Waals surface area contributed by atoms with E-state index in [1.54, 1.807) is 25.1 Å². The number of carbonyl (C=O) groups excluding carboxylic acids is 2. The molecule has 0 fully saturated rings. The lowest BCUT2D eigenvalue weighted by molar-refractivity contribution is -0.123. The molecule has 144 valence electrons. The van der Waals surface area contributed by atoms with E-state index in [2.05, 4.69) is 10.6 Å². The lowest BCUT2D eigenvalue weighted by Crippen LogP contribution is -2.33. The van der Waals surface area contributed by atoms with Crippen LogP contribution in [0.15, 0.2) is 47.4 Å². The van der Waals surface area contributed by atoms with Gasteiger partial charge < -0.3 is 10.6 Å². The van der Waals surface area contributed by atoms with Crippen molar-refractivity contribution in [2.45, 2.75) is 18.2 Å². The summed E-state index contributed by atoms with van der Waals surface area (Å²) in [6, 6.07) is 10.8. The maximum atomic E-state index is 12.2. The normalized spacial score (nSPS) is 11.1. The van der Waals surface area contributed by atoms with Gasteiger partial charge in [0.05, 0.1) is 17.2 Å². The van der Waals surface area contributed by atoms with Crippen molar-refractivity contribution in [2.24, 2.45) is 0 Å². The first-order valence-corrected chi connectivity index (χ1v) is 10.4. The number of rotatable bonds is 7.